The third-order valence-corrected chi connectivity index (χ3v) is 1.74. The molecule has 0 aromatic rings. The molecule has 0 N–H and O–H groups in total. The van der Waals surface area contributed by atoms with Gasteiger partial charge >= 0.3 is 28.4 Å². The summed E-state index contributed by atoms with van der Waals surface area (Å²) in [6, 6.07) is 0. The molecule has 0 aromatic carbocycles. The van der Waals surface area contributed by atoms with Gasteiger partial charge in [0.1, 0.15) is 0 Å². The predicted molar refractivity (Wildman–Crippen MR) is 74.0 cm³/mol. The molecule has 0 aliphatic heterocycles. The zero-order valence-electron chi connectivity index (χ0n) is 9.75. The van der Waals surface area contributed by atoms with Gasteiger partial charge in [0.15, 0.2) is 0 Å². The van der Waals surface area contributed by atoms with Crippen LogP contribution in [0.3, 0.4) is 0 Å². The molecule has 16 heavy (non-hydrogen) atoms. The van der Waals surface area contributed by atoms with Crippen LogP contribution in [0.4, 0.5) is 0 Å². The molecule has 88 valence electrons. The van der Waals surface area contributed by atoms with Gasteiger partial charge < -0.3 is 0 Å². The molecular formula is C13H18Cl2Zr. The molecule has 0 radical (unpaired) electrons. The van der Waals surface area contributed by atoms with Crippen molar-refractivity contribution in [2.45, 2.75) is 26.7 Å². The third kappa shape index (κ3) is 12.4. The average Bonchev–Trinajstić information content (AvgIpc) is 2.83. The van der Waals surface area contributed by atoms with E-state index in [0.29, 0.717) is 0 Å². The van der Waals surface area contributed by atoms with E-state index in [1.165, 1.54) is 35.4 Å². The Labute approximate surface area is 127 Å². The number of hydrogen-bond acceptors (Lipinski definition) is 0. The Hall–Kier alpha value is 0.293. The summed E-state index contributed by atoms with van der Waals surface area (Å²) < 4.78 is 3.34. The molecule has 0 heterocycles. The fraction of sp³-hybridized carbons (Fsp3) is 0.308. The van der Waals surface area contributed by atoms with Crippen LogP contribution in [0.2, 0.25) is 0 Å². The second-order valence-corrected chi connectivity index (χ2v) is 3.06. The summed E-state index contributed by atoms with van der Waals surface area (Å²) >= 11 is 1.30. The summed E-state index contributed by atoms with van der Waals surface area (Å²) in [6.45, 7) is 4.19. The number of allylic oxidation sites excluding steroid dienone is 8. The summed E-state index contributed by atoms with van der Waals surface area (Å²) in [6.07, 6.45) is 16.4. The zero-order chi connectivity index (χ0) is 10.8. The third-order valence-electron chi connectivity index (χ3n) is 1.74. The van der Waals surface area contributed by atoms with Gasteiger partial charge in [0, 0.05) is 0 Å². The molecule has 0 amide bonds. The van der Waals surface area contributed by atoms with E-state index >= 15 is 0 Å². The summed E-state index contributed by atoms with van der Waals surface area (Å²) in [5, 5.41) is 0. The summed E-state index contributed by atoms with van der Waals surface area (Å²) in [5.41, 5.74) is 2.75. The summed E-state index contributed by atoms with van der Waals surface area (Å²) in [4.78, 5) is 0. The first-order chi connectivity index (χ1) is 6.79. The van der Waals surface area contributed by atoms with E-state index in [0.717, 1.165) is 12.8 Å². The van der Waals surface area contributed by atoms with Gasteiger partial charge in [-0.25, -0.2) is 23.8 Å². The second-order valence-electron chi connectivity index (χ2n) is 3.06. The molecule has 0 bridgehead atoms. The van der Waals surface area contributed by atoms with E-state index in [1.807, 2.05) is 12.2 Å². The standard InChI is InChI=1S/2C6H7.CH2.2ClH.Zr/c2*1-6-4-2-3-5-6;;;;/h4-5H,2H2,1H3;2,4H,5H2,1H3;1H2;2*1H;/q2*-1;;;;+2. The van der Waals surface area contributed by atoms with Crippen molar-refractivity contribution in [1.29, 1.82) is 0 Å². The molecule has 0 aromatic heterocycles. The fourth-order valence-electron chi connectivity index (χ4n) is 0.979. The van der Waals surface area contributed by atoms with Crippen molar-refractivity contribution in [1.82, 2.24) is 0 Å². The van der Waals surface area contributed by atoms with Crippen LogP contribution in [0.5, 0.6) is 0 Å². The second kappa shape index (κ2) is 15.3. The van der Waals surface area contributed by atoms with Crippen LogP contribution in [-0.2, 0) is 24.2 Å². The molecule has 0 atom stereocenters. The van der Waals surface area contributed by atoms with Gasteiger partial charge in [-0.3, -0.25) is 12.2 Å². The van der Waals surface area contributed by atoms with Crippen molar-refractivity contribution < 1.29 is 24.2 Å². The molecule has 0 saturated heterocycles. The van der Waals surface area contributed by atoms with Crippen molar-refractivity contribution in [2.24, 2.45) is 0 Å². The Morgan fingerprint density at radius 3 is 1.94 bits per heavy atom. The summed E-state index contributed by atoms with van der Waals surface area (Å²) in [7, 11) is 0. The SMILES string of the molecule is CC1=CC=[C-]C1.CC1=CC[C-]=C1.Cl.Cl.[CH2]=[Zr+2]. The van der Waals surface area contributed by atoms with Gasteiger partial charge in [-0.2, -0.15) is 11.6 Å². The quantitative estimate of drug-likeness (QED) is 0.582. The van der Waals surface area contributed by atoms with E-state index in [4.69, 9.17) is 0 Å². The number of hydrogen-bond donors (Lipinski definition) is 0. The van der Waals surface area contributed by atoms with E-state index < -0.39 is 0 Å². The van der Waals surface area contributed by atoms with Crippen molar-refractivity contribution in [3.8, 4) is 0 Å². The van der Waals surface area contributed by atoms with Crippen molar-refractivity contribution in [2.75, 3.05) is 0 Å². The van der Waals surface area contributed by atoms with Gasteiger partial charge in [0.25, 0.3) is 0 Å². The number of halogens is 2. The van der Waals surface area contributed by atoms with Crippen molar-refractivity contribution >= 4 is 29.0 Å². The van der Waals surface area contributed by atoms with E-state index in [9.17, 15) is 0 Å². The molecule has 0 saturated carbocycles. The van der Waals surface area contributed by atoms with Crippen LogP contribution in [0.15, 0.2) is 35.5 Å². The first kappa shape index (κ1) is 21.6. The molecule has 2 aliphatic rings. The monoisotopic (exact) mass is 334 g/mol. The van der Waals surface area contributed by atoms with Gasteiger partial charge in [0.05, 0.1) is 0 Å². The Bertz CT molecular complexity index is 273. The Kier molecular flexibility index (Phi) is 20.6. The van der Waals surface area contributed by atoms with E-state index in [2.05, 4.69) is 42.4 Å². The van der Waals surface area contributed by atoms with Crippen LogP contribution < -0.4 is 0 Å². The van der Waals surface area contributed by atoms with Crippen molar-refractivity contribution in [3.05, 3.63) is 47.6 Å². The van der Waals surface area contributed by atoms with Crippen LogP contribution in [0.1, 0.15) is 26.7 Å². The normalized spacial score (nSPS) is 14.2. The summed E-state index contributed by atoms with van der Waals surface area (Å²) in [5.74, 6) is 0. The van der Waals surface area contributed by atoms with Gasteiger partial charge in [-0.1, -0.05) is 6.92 Å². The fourth-order valence-corrected chi connectivity index (χ4v) is 0.979. The minimum absolute atomic E-state index is 0. The van der Waals surface area contributed by atoms with Gasteiger partial charge in [-0.15, -0.1) is 44.6 Å². The minimum atomic E-state index is 0. The maximum absolute atomic E-state index is 3.34. The molecule has 0 nitrogen and oxygen atoms in total. The molecule has 0 spiro atoms. The molecular weight excluding hydrogens is 318 g/mol. The van der Waals surface area contributed by atoms with Gasteiger partial charge in [0.2, 0.25) is 0 Å². The Morgan fingerprint density at radius 1 is 1.19 bits per heavy atom. The molecule has 2 rings (SSSR count). The average molecular weight is 336 g/mol. The first-order valence-corrected chi connectivity index (χ1v) is 6.34. The zero-order valence-corrected chi connectivity index (χ0v) is 13.8. The molecule has 2 aliphatic carbocycles. The van der Waals surface area contributed by atoms with Crippen LogP contribution in [-0.4, -0.2) is 4.21 Å². The number of rotatable bonds is 0. The van der Waals surface area contributed by atoms with E-state index in [-0.39, 0.29) is 24.8 Å². The van der Waals surface area contributed by atoms with E-state index in [1.54, 1.807) is 0 Å². The van der Waals surface area contributed by atoms with Crippen LogP contribution in [0, 0.1) is 12.2 Å². The van der Waals surface area contributed by atoms with Crippen LogP contribution >= 0.6 is 24.8 Å². The van der Waals surface area contributed by atoms with Crippen LogP contribution in [0.25, 0.3) is 0 Å². The Morgan fingerprint density at radius 2 is 1.81 bits per heavy atom. The van der Waals surface area contributed by atoms with Crippen molar-refractivity contribution in [3.63, 3.8) is 0 Å². The predicted octanol–water partition coefficient (Wildman–Crippen LogP) is 4.20. The first-order valence-electron chi connectivity index (χ1n) is 4.60. The maximum atomic E-state index is 3.34. The molecule has 3 heteroatoms. The van der Waals surface area contributed by atoms with Gasteiger partial charge in [-0.05, 0) is 0 Å². The molecule has 0 unspecified atom stereocenters. The Balaban J connectivity index is -0.000000165. The topological polar surface area (TPSA) is 0 Å². The molecule has 0 fully saturated rings.